The third kappa shape index (κ3) is 4.26. The van der Waals surface area contributed by atoms with E-state index in [0.29, 0.717) is 22.5 Å². The van der Waals surface area contributed by atoms with E-state index in [1.165, 1.54) is 19.1 Å². The highest BCUT2D eigenvalue weighted by molar-refractivity contribution is 9.10. The second-order valence-corrected chi connectivity index (χ2v) is 7.57. The molecule has 0 aliphatic heterocycles. The molecule has 0 aliphatic carbocycles. The molecule has 5 nitrogen and oxygen atoms in total. The third-order valence-electron chi connectivity index (χ3n) is 4.49. The van der Waals surface area contributed by atoms with E-state index in [9.17, 15) is 13.6 Å². The number of carbonyl (C=O) groups excluding carboxylic acids is 1. The van der Waals surface area contributed by atoms with Gasteiger partial charge in [0, 0.05) is 15.4 Å². The number of alkyl halides is 2. The van der Waals surface area contributed by atoms with E-state index >= 15 is 4.39 Å². The lowest BCUT2D eigenvalue weighted by atomic mass is 10.00. The molecule has 0 radical (unpaired) electrons. The minimum atomic E-state index is -4.10. The number of benzene rings is 2. The van der Waals surface area contributed by atoms with Crippen LogP contribution in [0.5, 0.6) is 0 Å². The van der Waals surface area contributed by atoms with E-state index in [4.69, 9.17) is 0 Å². The number of hydrogen-bond donors (Lipinski definition) is 1. The second-order valence-electron chi connectivity index (χ2n) is 6.65. The van der Waals surface area contributed by atoms with Crippen molar-refractivity contribution in [1.82, 2.24) is 9.97 Å². The number of anilines is 1. The van der Waals surface area contributed by atoms with Crippen molar-refractivity contribution in [2.24, 2.45) is 0 Å². The summed E-state index contributed by atoms with van der Waals surface area (Å²) in [5.74, 6) is -6.12. The van der Waals surface area contributed by atoms with Crippen molar-refractivity contribution in [3.8, 4) is 0 Å². The highest BCUT2D eigenvalue weighted by Crippen LogP contribution is 2.35. The molecule has 9 heteroatoms. The van der Waals surface area contributed by atoms with Crippen LogP contribution in [-0.2, 0) is 15.5 Å². The first-order valence-electron chi connectivity index (χ1n) is 9.19. The fraction of sp³-hybridized carbons (Fsp3) is 0.286. The van der Waals surface area contributed by atoms with Crippen LogP contribution in [0.3, 0.4) is 0 Å². The van der Waals surface area contributed by atoms with Crippen LogP contribution >= 0.6 is 15.9 Å². The maximum absolute atomic E-state index is 15.0. The van der Waals surface area contributed by atoms with E-state index in [2.05, 4.69) is 36.0 Å². The number of fused-ring (bicyclic) bond motifs is 1. The largest absolute Gasteiger partial charge is 0.461 e. The SMILES string of the molecule is CCOC(=O)C(F)(F)c1cccc([C@@H](C)Nc2nc(C)nc3ccc(Br)cc23)c1F. The lowest BCUT2D eigenvalue weighted by Crippen LogP contribution is -2.30. The zero-order valence-corrected chi connectivity index (χ0v) is 18.1. The van der Waals surface area contributed by atoms with Crippen molar-refractivity contribution >= 4 is 38.6 Å². The molecule has 3 aromatic rings. The molecule has 0 aliphatic rings. The summed E-state index contributed by atoms with van der Waals surface area (Å²) >= 11 is 3.39. The third-order valence-corrected chi connectivity index (χ3v) is 4.98. The molecule has 0 spiro atoms. The molecule has 3 rings (SSSR count). The van der Waals surface area contributed by atoms with Crippen LogP contribution < -0.4 is 5.32 Å². The number of aromatic nitrogens is 2. The van der Waals surface area contributed by atoms with Gasteiger partial charge in [-0.25, -0.2) is 19.2 Å². The first-order valence-corrected chi connectivity index (χ1v) is 9.98. The summed E-state index contributed by atoms with van der Waals surface area (Å²) in [6.45, 7) is 4.51. The molecule has 0 amide bonds. The summed E-state index contributed by atoms with van der Waals surface area (Å²) in [7, 11) is 0. The van der Waals surface area contributed by atoms with Gasteiger partial charge in [-0.15, -0.1) is 0 Å². The summed E-state index contributed by atoms with van der Waals surface area (Å²) in [6, 6.07) is 8.27. The Bertz CT molecular complexity index is 1110. The van der Waals surface area contributed by atoms with Crippen molar-refractivity contribution in [3.63, 3.8) is 0 Å². The van der Waals surface area contributed by atoms with E-state index in [1.54, 1.807) is 13.8 Å². The molecule has 0 unspecified atom stereocenters. The van der Waals surface area contributed by atoms with Gasteiger partial charge in [0.05, 0.1) is 23.7 Å². The number of esters is 1. The van der Waals surface area contributed by atoms with Gasteiger partial charge in [0.15, 0.2) is 0 Å². The van der Waals surface area contributed by atoms with E-state index < -0.39 is 29.3 Å². The van der Waals surface area contributed by atoms with Gasteiger partial charge < -0.3 is 10.1 Å². The highest BCUT2D eigenvalue weighted by Gasteiger charge is 2.45. The molecule has 0 fully saturated rings. The Morgan fingerprint density at radius 3 is 2.70 bits per heavy atom. The molecule has 0 bridgehead atoms. The average Bonchev–Trinajstić information content (AvgIpc) is 2.68. The summed E-state index contributed by atoms with van der Waals surface area (Å²) in [6.07, 6.45) is 0. The quantitative estimate of drug-likeness (QED) is 0.459. The molecule has 1 aromatic heterocycles. The number of nitrogens with zero attached hydrogens (tertiary/aromatic N) is 2. The Morgan fingerprint density at radius 2 is 2.00 bits per heavy atom. The molecule has 30 heavy (non-hydrogen) atoms. The van der Waals surface area contributed by atoms with Crippen molar-refractivity contribution < 1.29 is 22.7 Å². The zero-order chi connectivity index (χ0) is 22.1. The Labute approximate surface area is 179 Å². The van der Waals surface area contributed by atoms with Gasteiger partial charge in [0.2, 0.25) is 0 Å². The topological polar surface area (TPSA) is 64.1 Å². The summed E-state index contributed by atoms with van der Waals surface area (Å²) < 4.78 is 49.0. The van der Waals surface area contributed by atoms with Crippen LogP contribution in [0.2, 0.25) is 0 Å². The standard InChI is InChI=1S/C21H19BrF3N3O2/c1-4-30-20(29)21(24,25)16-7-5-6-14(18(16)23)11(2)26-19-15-10-13(22)8-9-17(15)27-12(3)28-19/h5-11H,4H2,1-3H3,(H,26,27,28)/t11-/m1/s1. The molecular formula is C21H19BrF3N3O2. The number of ether oxygens (including phenoxy) is 1. The molecular weight excluding hydrogens is 463 g/mol. The fourth-order valence-electron chi connectivity index (χ4n) is 3.07. The minimum absolute atomic E-state index is 0.0316. The molecule has 0 saturated carbocycles. The van der Waals surface area contributed by atoms with Gasteiger partial charge in [-0.1, -0.05) is 28.1 Å². The fourth-order valence-corrected chi connectivity index (χ4v) is 3.43. The number of carbonyl (C=O) groups is 1. The number of rotatable bonds is 6. The summed E-state index contributed by atoms with van der Waals surface area (Å²) in [5.41, 5.74) is -0.377. The summed E-state index contributed by atoms with van der Waals surface area (Å²) in [5, 5.41) is 3.76. The zero-order valence-electron chi connectivity index (χ0n) is 16.5. The van der Waals surface area contributed by atoms with Gasteiger partial charge in [-0.2, -0.15) is 8.78 Å². The Morgan fingerprint density at radius 1 is 1.27 bits per heavy atom. The molecule has 1 atom stereocenters. The Kier molecular flexibility index (Phi) is 6.30. The van der Waals surface area contributed by atoms with E-state index in [1.807, 2.05) is 18.2 Å². The smallest absolute Gasteiger partial charge is 0.382 e. The van der Waals surface area contributed by atoms with Crippen LogP contribution in [0.25, 0.3) is 10.9 Å². The first-order chi connectivity index (χ1) is 14.1. The van der Waals surface area contributed by atoms with Gasteiger partial charge in [-0.05, 0) is 45.0 Å². The maximum Gasteiger partial charge on any atom is 0.382 e. The van der Waals surface area contributed by atoms with Crippen LogP contribution in [-0.4, -0.2) is 22.5 Å². The summed E-state index contributed by atoms with van der Waals surface area (Å²) in [4.78, 5) is 20.4. The van der Waals surface area contributed by atoms with Crippen LogP contribution in [0, 0.1) is 12.7 Å². The van der Waals surface area contributed by atoms with Crippen molar-refractivity contribution in [3.05, 3.63) is 63.6 Å². The number of halogens is 4. The lowest BCUT2D eigenvalue weighted by Gasteiger charge is -2.21. The van der Waals surface area contributed by atoms with Gasteiger partial charge in [-0.3, -0.25) is 0 Å². The van der Waals surface area contributed by atoms with Crippen molar-refractivity contribution in [2.75, 3.05) is 11.9 Å². The minimum Gasteiger partial charge on any atom is -0.461 e. The van der Waals surface area contributed by atoms with Crippen molar-refractivity contribution in [2.45, 2.75) is 32.7 Å². The Balaban J connectivity index is 1.99. The van der Waals surface area contributed by atoms with Crippen LogP contribution in [0.1, 0.15) is 36.8 Å². The first kappa shape index (κ1) is 22.0. The Hall–Kier alpha value is -2.68. The maximum atomic E-state index is 15.0. The number of aryl methyl sites for hydroxylation is 1. The highest BCUT2D eigenvalue weighted by atomic mass is 79.9. The van der Waals surface area contributed by atoms with E-state index in [-0.39, 0.29) is 12.2 Å². The molecule has 2 aromatic carbocycles. The van der Waals surface area contributed by atoms with Gasteiger partial charge in [0.25, 0.3) is 0 Å². The molecule has 0 saturated heterocycles. The molecule has 158 valence electrons. The predicted octanol–water partition coefficient (Wildman–Crippen LogP) is 5.67. The normalized spacial score (nSPS) is 12.6. The number of hydrogen-bond acceptors (Lipinski definition) is 5. The monoisotopic (exact) mass is 481 g/mol. The van der Waals surface area contributed by atoms with Crippen LogP contribution in [0.15, 0.2) is 40.9 Å². The van der Waals surface area contributed by atoms with Crippen molar-refractivity contribution in [1.29, 1.82) is 0 Å². The van der Waals surface area contributed by atoms with Crippen LogP contribution in [0.4, 0.5) is 19.0 Å². The lowest BCUT2D eigenvalue weighted by molar-refractivity contribution is -0.173. The number of nitrogens with one attached hydrogen (secondary N) is 1. The van der Waals surface area contributed by atoms with Gasteiger partial charge in [0.1, 0.15) is 17.5 Å². The average molecular weight is 482 g/mol. The second kappa shape index (κ2) is 8.59. The molecule has 1 heterocycles. The van der Waals surface area contributed by atoms with Gasteiger partial charge >= 0.3 is 11.9 Å². The predicted molar refractivity (Wildman–Crippen MR) is 111 cm³/mol. The van der Waals surface area contributed by atoms with E-state index in [0.717, 1.165) is 10.5 Å². The molecule has 1 N–H and O–H groups in total.